The predicted molar refractivity (Wildman–Crippen MR) is 87.7 cm³/mol. The number of nitrogens with one attached hydrogen (secondary N) is 1. The van der Waals surface area contributed by atoms with Crippen molar-refractivity contribution in [1.29, 1.82) is 0 Å². The first-order chi connectivity index (χ1) is 10.6. The highest BCUT2D eigenvalue weighted by atomic mass is 16.3. The van der Waals surface area contributed by atoms with Gasteiger partial charge in [0.15, 0.2) is 0 Å². The molecule has 3 aromatic rings. The van der Waals surface area contributed by atoms with Crippen molar-refractivity contribution in [2.24, 2.45) is 16.6 Å². The van der Waals surface area contributed by atoms with Crippen LogP contribution in [0.4, 0.5) is 11.4 Å². The average Bonchev–Trinajstić information content (AvgIpc) is 2.97. The van der Waals surface area contributed by atoms with Gasteiger partial charge in [0.05, 0.1) is 22.4 Å². The fourth-order valence-corrected chi connectivity index (χ4v) is 2.19. The number of hydrogen-bond donors (Lipinski definition) is 4. The van der Waals surface area contributed by atoms with E-state index in [1.165, 1.54) is 6.20 Å². The third kappa shape index (κ3) is 2.24. The van der Waals surface area contributed by atoms with Crippen LogP contribution in [-0.2, 0) is 0 Å². The highest BCUT2D eigenvalue weighted by Gasteiger charge is 2.09. The summed E-state index contributed by atoms with van der Waals surface area (Å²) < 4.78 is 0. The van der Waals surface area contributed by atoms with E-state index in [-0.39, 0.29) is 5.69 Å². The van der Waals surface area contributed by atoms with Crippen LogP contribution in [0, 0.1) is 4.91 Å². The van der Waals surface area contributed by atoms with Gasteiger partial charge in [0.1, 0.15) is 11.5 Å². The lowest BCUT2D eigenvalue weighted by Gasteiger charge is -2.00. The number of benzene rings is 2. The maximum atomic E-state index is 10.7. The van der Waals surface area contributed by atoms with Crippen molar-refractivity contribution in [3.05, 3.63) is 53.1 Å². The molecule has 1 aromatic heterocycles. The molecule has 0 spiro atoms. The summed E-state index contributed by atoms with van der Waals surface area (Å²) in [7, 11) is 0. The zero-order valence-electron chi connectivity index (χ0n) is 11.6. The number of nitrogens with two attached hydrogens (primary N) is 3. The van der Waals surface area contributed by atoms with E-state index in [2.05, 4.69) is 15.1 Å². The first kappa shape index (κ1) is 13.6. The SMILES string of the molecule is N/C=C(/N)c1ccc2nc(-c3ccc(N)c(N=O)c3)[nH]c2c1. The maximum Gasteiger partial charge on any atom is 0.138 e. The minimum absolute atomic E-state index is 0.189. The summed E-state index contributed by atoms with van der Waals surface area (Å²) in [4.78, 5) is 18.4. The number of anilines is 1. The second-order valence-electron chi connectivity index (χ2n) is 4.80. The molecule has 3 rings (SSSR count). The number of rotatable bonds is 3. The Morgan fingerprint density at radius 2 is 2.05 bits per heavy atom. The molecule has 0 amide bonds. The molecule has 22 heavy (non-hydrogen) atoms. The Kier molecular flexibility index (Phi) is 3.23. The zero-order chi connectivity index (χ0) is 15.7. The van der Waals surface area contributed by atoms with Crippen molar-refractivity contribution in [1.82, 2.24) is 9.97 Å². The van der Waals surface area contributed by atoms with E-state index in [1.54, 1.807) is 18.2 Å². The number of nitrogens with zero attached hydrogens (tertiary/aromatic N) is 2. The first-order valence-electron chi connectivity index (χ1n) is 6.53. The molecular formula is C15H14N6O. The number of imidazole rings is 1. The van der Waals surface area contributed by atoms with Gasteiger partial charge in [-0.1, -0.05) is 6.07 Å². The van der Waals surface area contributed by atoms with Crippen LogP contribution in [0.2, 0.25) is 0 Å². The molecule has 0 aliphatic carbocycles. The molecule has 0 unspecified atom stereocenters. The number of aromatic nitrogens is 2. The minimum atomic E-state index is 0.189. The van der Waals surface area contributed by atoms with Crippen LogP contribution >= 0.6 is 0 Å². The topological polar surface area (TPSA) is 136 Å². The highest BCUT2D eigenvalue weighted by Crippen LogP contribution is 2.29. The van der Waals surface area contributed by atoms with Crippen LogP contribution in [-0.4, -0.2) is 9.97 Å². The van der Waals surface area contributed by atoms with E-state index in [9.17, 15) is 4.91 Å². The van der Waals surface area contributed by atoms with Gasteiger partial charge in [0, 0.05) is 17.3 Å². The lowest BCUT2D eigenvalue weighted by molar-refractivity contribution is 1.33. The van der Waals surface area contributed by atoms with E-state index in [4.69, 9.17) is 17.2 Å². The lowest BCUT2D eigenvalue weighted by atomic mass is 10.1. The molecule has 7 heteroatoms. The molecule has 0 bridgehead atoms. The molecule has 0 fully saturated rings. The van der Waals surface area contributed by atoms with Gasteiger partial charge in [0.2, 0.25) is 0 Å². The molecule has 0 atom stereocenters. The molecular weight excluding hydrogens is 280 g/mol. The first-order valence-corrected chi connectivity index (χ1v) is 6.53. The summed E-state index contributed by atoms with van der Waals surface area (Å²) in [5, 5.41) is 2.90. The van der Waals surface area contributed by atoms with Crippen LogP contribution in [0.3, 0.4) is 0 Å². The molecule has 7 nitrogen and oxygen atoms in total. The number of nitrogen functional groups attached to an aromatic ring is 1. The van der Waals surface area contributed by atoms with Crippen molar-refractivity contribution >= 4 is 28.1 Å². The van der Waals surface area contributed by atoms with Gasteiger partial charge in [-0.2, -0.15) is 0 Å². The van der Waals surface area contributed by atoms with E-state index in [1.807, 2.05) is 18.2 Å². The third-order valence-electron chi connectivity index (χ3n) is 3.40. The van der Waals surface area contributed by atoms with E-state index < -0.39 is 0 Å². The molecule has 2 aromatic carbocycles. The number of aromatic amines is 1. The molecule has 0 aliphatic heterocycles. The van der Waals surface area contributed by atoms with E-state index in [0.29, 0.717) is 17.2 Å². The number of H-pyrrole nitrogens is 1. The fourth-order valence-electron chi connectivity index (χ4n) is 2.19. The molecule has 0 radical (unpaired) electrons. The van der Waals surface area contributed by atoms with Crippen LogP contribution < -0.4 is 17.2 Å². The largest absolute Gasteiger partial charge is 0.403 e. The number of nitroso groups, excluding NO2 is 1. The van der Waals surface area contributed by atoms with Crippen molar-refractivity contribution in [2.45, 2.75) is 0 Å². The van der Waals surface area contributed by atoms with Gasteiger partial charge >= 0.3 is 0 Å². The Morgan fingerprint density at radius 3 is 2.77 bits per heavy atom. The molecule has 0 saturated heterocycles. The Balaban J connectivity index is 2.10. The Labute approximate surface area is 125 Å². The number of hydrogen-bond acceptors (Lipinski definition) is 6. The lowest BCUT2D eigenvalue weighted by Crippen LogP contribution is -1.99. The van der Waals surface area contributed by atoms with Gasteiger partial charge in [-0.15, -0.1) is 4.91 Å². The summed E-state index contributed by atoms with van der Waals surface area (Å²) in [6, 6.07) is 10.5. The highest BCUT2D eigenvalue weighted by molar-refractivity contribution is 5.84. The van der Waals surface area contributed by atoms with Gasteiger partial charge in [-0.3, -0.25) is 0 Å². The molecule has 110 valence electrons. The zero-order valence-corrected chi connectivity index (χ0v) is 11.6. The van der Waals surface area contributed by atoms with Crippen LogP contribution in [0.1, 0.15) is 5.56 Å². The molecule has 0 saturated carbocycles. The van der Waals surface area contributed by atoms with Crippen LogP contribution in [0.15, 0.2) is 47.8 Å². The van der Waals surface area contributed by atoms with Crippen LogP contribution in [0.5, 0.6) is 0 Å². The summed E-state index contributed by atoms with van der Waals surface area (Å²) in [5.74, 6) is 0.618. The predicted octanol–water partition coefficient (Wildman–Crippen LogP) is 2.43. The summed E-state index contributed by atoms with van der Waals surface area (Å²) >= 11 is 0. The van der Waals surface area contributed by atoms with Gasteiger partial charge < -0.3 is 22.2 Å². The number of fused-ring (bicyclic) bond motifs is 1. The van der Waals surface area contributed by atoms with Crippen molar-refractivity contribution in [3.63, 3.8) is 0 Å². The fraction of sp³-hybridized carbons (Fsp3) is 0. The minimum Gasteiger partial charge on any atom is -0.403 e. The average molecular weight is 294 g/mol. The van der Waals surface area contributed by atoms with Crippen molar-refractivity contribution < 1.29 is 0 Å². The van der Waals surface area contributed by atoms with E-state index >= 15 is 0 Å². The standard InChI is InChI=1S/C15H14N6O/c16-7-11(18)8-2-4-12-14(5-8)20-15(19-12)9-1-3-10(17)13(6-9)21-22/h1-7H,16-18H2,(H,19,20)/b11-7+. The summed E-state index contributed by atoms with van der Waals surface area (Å²) in [6.45, 7) is 0. The Hall–Kier alpha value is -3.35. The van der Waals surface area contributed by atoms with Crippen molar-refractivity contribution in [3.8, 4) is 11.4 Å². The van der Waals surface area contributed by atoms with Crippen molar-refractivity contribution in [2.75, 3.05) is 5.73 Å². The third-order valence-corrected chi connectivity index (χ3v) is 3.40. The van der Waals surface area contributed by atoms with Gasteiger partial charge in [0.25, 0.3) is 0 Å². The van der Waals surface area contributed by atoms with E-state index in [0.717, 1.165) is 22.2 Å². The summed E-state index contributed by atoms with van der Waals surface area (Å²) in [5.41, 5.74) is 21.0. The van der Waals surface area contributed by atoms with Gasteiger partial charge in [-0.25, -0.2) is 4.98 Å². The normalized spacial score (nSPS) is 11.7. The second-order valence-corrected chi connectivity index (χ2v) is 4.80. The quantitative estimate of drug-likeness (QED) is 0.434. The maximum absolute atomic E-state index is 10.7. The smallest absolute Gasteiger partial charge is 0.138 e. The molecule has 7 N–H and O–H groups in total. The second kappa shape index (κ2) is 5.21. The van der Waals surface area contributed by atoms with Gasteiger partial charge in [-0.05, 0) is 35.5 Å². The molecule has 1 heterocycles. The monoisotopic (exact) mass is 294 g/mol. The van der Waals surface area contributed by atoms with Crippen LogP contribution in [0.25, 0.3) is 28.1 Å². The summed E-state index contributed by atoms with van der Waals surface area (Å²) in [6.07, 6.45) is 1.35. The Bertz CT molecular complexity index is 896. The Morgan fingerprint density at radius 1 is 1.23 bits per heavy atom. The molecule has 0 aliphatic rings.